The Morgan fingerprint density at radius 1 is 1.36 bits per heavy atom. The molecule has 0 heterocycles. The molecule has 0 atom stereocenters. The second kappa shape index (κ2) is 3.01. The van der Waals surface area contributed by atoms with Gasteiger partial charge in [0.25, 0.3) is 0 Å². The van der Waals surface area contributed by atoms with Crippen LogP contribution in [0, 0.1) is 19.7 Å². The van der Waals surface area contributed by atoms with Crippen molar-refractivity contribution < 1.29 is 9.50 Å². The van der Waals surface area contributed by atoms with E-state index in [0.29, 0.717) is 5.56 Å². The number of hydrogen-bond donors (Lipinski definition) is 1. The summed E-state index contributed by atoms with van der Waals surface area (Å²) in [5, 5.41) is 8.75. The minimum atomic E-state index is -0.315. The van der Waals surface area contributed by atoms with Gasteiger partial charge >= 0.3 is 0 Å². The fourth-order valence-electron chi connectivity index (χ4n) is 1.15. The Kier molecular flexibility index (Phi) is 2.25. The number of halogens is 1. The molecule has 11 heavy (non-hydrogen) atoms. The number of aryl methyl sites for hydroxylation is 2. The number of benzene rings is 1. The van der Waals surface area contributed by atoms with Crippen LogP contribution in [0.25, 0.3) is 0 Å². The molecule has 0 amide bonds. The van der Waals surface area contributed by atoms with Crippen molar-refractivity contribution in [1.29, 1.82) is 0 Å². The Labute approximate surface area is 65.5 Å². The molecule has 0 saturated carbocycles. The first-order valence-electron chi connectivity index (χ1n) is 3.51. The maximum atomic E-state index is 13.0. The van der Waals surface area contributed by atoms with Crippen LogP contribution in [-0.2, 0) is 6.61 Å². The molecule has 0 fully saturated rings. The van der Waals surface area contributed by atoms with E-state index in [1.54, 1.807) is 6.92 Å². The molecule has 1 N–H and O–H groups in total. The molecule has 0 aliphatic carbocycles. The molecule has 0 aliphatic heterocycles. The van der Waals surface area contributed by atoms with Crippen molar-refractivity contribution in [3.8, 4) is 0 Å². The van der Waals surface area contributed by atoms with Gasteiger partial charge in [-0.25, -0.2) is 4.39 Å². The van der Waals surface area contributed by atoms with Crippen molar-refractivity contribution in [3.05, 3.63) is 34.6 Å². The van der Waals surface area contributed by atoms with E-state index >= 15 is 0 Å². The number of rotatable bonds is 1. The van der Waals surface area contributed by atoms with Crippen molar-refractivity contribution in [2.45, 2.75) is 20.5 Å². The maximum Gasteiger partial charge on any atom is 0.129 e. The van der Waals surface area contributed by atoms with E-state index in [1.165, 1.54) is 6.07 Å². The van der Waals surface area contributed by atoms with Gasteiger partial charge in [-0.1, -0.05) is 6.07 Å². The van der Waals surface area contributed by atoms with E-state index in [4.69, 9.17) is 5.11 Å². The van der Waals surface area contributed by atoms with Gasteiger partial charge in [0, 0.05) is 5.56 Å². The predicted octanol–water partition coefficient (Wildman–Crippen LogP) is 1.93. The van der Waals surface area contributed by atoms with E-state index < -0.39 is 0 Å². The topological polar surface area (TPSA) is 20.2 Å². The van der Waals surface area contributed by atoms with Gasteiger partial charge in [0.05, 0.1) is 6.61 Å². The molecule has 1 rings (SSSR count). The van der Waals surface area contributed by atoms with E-state index in [1.807, 2.05) is 13.0 Å². The highest BCUT2D eigenvalue weighted by molar-refractivity contribution is 5.31. The Hall–Kier alpha value is -0.890. The summed E-state index contributed by atoms with van der Waals surface area (Å²) in [7, 11) is 0. The second-order valence-corrected chi connectivity index (χ2v) is 2.70. The van der Waals surface area contributed by atoms with Gasteiger partial charge in [0.15, 0.2) is 0 Å². The van der Waals surface area contributed by atoms with Crippen LogP contribution in [0.4, 0.5) is 4.39 Å². The molecule has 0 aliphatic rings. The standard InChI is InChI=1S/C9H11FO/c1-6-3-7(2)8(5-11)9(10)4-6/h3-4,11H,5H2,1-2H3. The molecule has 2 heteroatoms. The van der Waals surface area contributed by atoms with Gasteiger partial charge in [-0.05, 0) is 31.0 Å². The van der Waals surface area contributed by atoms with E-state index in [9.17, 15) is 4.39 Å². The fraction of sp³-hybridized carbons (Fsp3) is 0.333. The van der Waals surface area contributed by atoms with E-state index in [0.717, 1.165) is 11.1 Å². The lowest BCUT2D eigenvalue weighted by Gasteiger charge is -2.04. The molecule has 0 saturated heterocycles. The minimum Gasteiger partial charge on any atom is -0.392 e. The SMILES string of the molecule is Cc1cc(C)c(CO)c(F)c1. The van der Waals surface area contributed by atoms with Gasteiger partial charge in [-0.15, -0.1) is 0 Å². The third-order valence-corrected chi connectivity index (χ3v) is 1.72. The van der Waals surface area contributed by atoms with Gasteiger partial charge in [-0.2, -0.15) is 0 Å². The third kappa shape index (κ3) is 1.57. The first kappa shape index (κ1) is 8.21. The second-order valence-electron chi connectivity index (χ2n) is 2.70. The Bertz CT molecular complexity index is 245. The van der Waals surface area contributed by atoms with E-state index in [2.05, 4.69) is 0 Å². The van der Waals surface area contributed by atoms with Crippen LogP contribution in [0.15, 0.2) is 12.1 Å². The molecule has 0 spiro atoms. The Morgan fingerprint density at radius 2 is 2.00 bits per heavy atom. The van der Waals surface area contributed by atoms with Crippen LogP contribution in [0.2, 0.25) is 0 Å². The molecule has 1 aromatic rings. The fourth-order valence-corrected chi connectivity index (χ4v) is 1.15. The lowest BCUT2D eigenvalue weighted by Crippen LogP contribution is -1.94. The first-order chi connectivity index (χ1) is 5.15. The summed E-state index contributed by atoms with van der Waals surface area (Å²) in [6, 6.07) is 3.28. The summed E-state index contributed by atoms with van der Waals surface area (Å²) in [5.74, 6) is -0.315. The number of hydrogen-bond acceptors (Lipinski definition) is 1. The molecular formula is C9H11FO. The molecule has 1 nitrogen and oxygen atoms in total. The summed E-state index contributed by atoms with van der Waals surface area (Å²) in [4.78, 5) is 0. The zero-order chi connectivity index (χ0) is 8.43. The monoisotopic (exact) mass is 154 g/mol. The first-order valence-corrected chi connectivity index (χ1v) is 3.51. The molecule has 0 aromatic heterocycles. The average Bonchev–Trinajstić information content (AvgIpc) is 1.85. The summed E-state index contributed by atoms with van der Waals surface area (Å²) >= 11 is 0. The molecular weight excluding hydrogens is 143 g/mol. The summed E-state index contributed by atoms with van der Waals surface area (Å²) < 4.78 is 13.0. The summed E-state index contributed by atoms with van der Waals surface area (Å²) in [6.07, 6.45) is 0. The smallest absolute Gasteiger partial charge is 0.129 e. The molecule has 0 radical (unpaired) electrons. The quantitative estimate of drug-likeness (QED) is 0.655. The molecule has 60 valence electrons. The van der Waals surface area contributed by atoms with Crippen LogP contribution in [0.1, 0.15) is 16.7 Å². The minimum absolute atomic E-state index is 0.224. The van der Waals surface area contributed by atoms with Gasteiger partial charge in [-0.3, -0.25) is 0 Å². The maximum absolute atomic E-state index is 13.0. The van der Waals surface area contributed by atoms with Crippen LogP contribution in [0.5, 0.6) is 0 Å². The number of aliphatic hydroxyl groups excluding tert-OH is 1. The van der Waals surface area contributed by atoms with Crippen LogP contribution in [-0.4, -0.2) is 5.11 Å². The van der Waals surface area contributed by atoms with Gasteiger partial charge < -0.3 is 5.11 Å². The molecule has 0 unspecified atom stereocenters. The van der Waals surface area contributed by atoms with Crippen LogP contribution in [0.3, 0.4) is 0 Å². The predicted molar refractivity (Wildman–Crippen MR) is 41.8 cm³/mol. The summed E-state index contributed by atoms with van der Waals surface area (Å²) in [5.41, 5.74) is 2.10. The van der Waals surface area contributed by atoms with Crippen molar-refractivity contribution in [1.82, 2.24) is 0 Å². The Morgan fingerprint density at radius 3 is 2.45 bits per heavy atom. The van der Waals surface area contributed by atoms with E-state index in [-0.39, 0.29) is 12.4 Å². The van der Waals surface area contributed by atoms with Crippen LogP contribution < -0.4 is 0 Å². The number of aliphatic hydroxyl groups is 1. The normalized spacial score (nSPS) is 10.2. The lowest BCUT2D eigenvalue weighted by atomic mass is 10.1. The van der Waals surface area contributed by atoms with Gasteiger partial charge in [0.1, 0.15) is 5.82 Å². The highest BCUT2D eigenvalue weighted by Crippen LogP contribution is 2.14. The highest BCUT2D eigenvalue weighted by atomic mass is 19.1. The van der Waals surface area contributed by atoms with Crippen molar-refractivity contribution in [3.63, 3.8) is 0 Å². The zero-order valence-electron chi connectivity index (χ0n) is 6.69. The largest absolute Gasteiger partial charge is 0.392 e. The van der Waals surface area contributed by atoms with Crippen molar-refractivity contribution in [2.24, 2.45) is 0 Å². The van der Waals surface area contributed by atoms with Gasteiger partial charge in [0.2, 0.25) is 0 Å². The van der Waals surface area contributed by atoms with Crippen molar-refractivity contribution >= 4 is 0 Å². The lowest BCUT2D eigenvalue weighted by molar-refractivity contribution is 0.275. The highest BCUT2D eigenvalue weighted by Gasteiger charge is 2.04. The average molecular weight is 154 g/mol. The summed E-state index contributed by atoms with van der Waals surface area (Å²) in [6.45, 7) is 3.40. The third-order valence-electron chi connectivity index (χ3n) is 1.72. The van der Waals surface area contributed by atoms with Crippen LogP contribution >= 0.6 is 0 Å². The Balaban J connectivity index is 3.25. The zero-order valence-corrected chi connectivity index (χ0v) is 6.69. The molecule has 1 aromatic carbocycles. The molecule has 0 bridgehead atoms. The van der Waals surface area contributed by atoms with Crippen molar-refractivity contribution in [2.75, 3.05) is 0 Å².